The fraction of sp³-hybridized carbons (Fsp3) is 0.355. The second-order valence-corrected chi connectivity index (χ2v) is 11.1. The molecule has 3 aromatic carbocycles. The first kappa shape index (κ1) is 27.5. The Bertz CT molecular complexity index is 1300. The summed E-state index contributed by atoms with van der Waals surface area (Å²) in [4.78, 5) is 28.6. The summed E-state index contributed by atoms with van der Waals surface area (Å²) in [6, 6.07) is 20.9. The van der Waals surface area contributed by atoms with E-state index in [-0.39, 0.29) is 22.9 Å². The van der Waals surface area contributed by atoms with Gasteiger partial charge in [-0.1, -0.05) is 53.5 Å². The minimum absolute atomic E-state index is 0.0427. The highest BCUT2D eigenvalue weighted by Gasteiger charge is 2.25. The highest BCUT2D eigenvalue weighted by molar-refractivity contribution is 6.37. The van der Waals surface area contributed by atoms with E-state index >= 15 is 0 Å². The molecule has 0 bridgehead atoms. The molecule has 0 spiro atoms. The maximum absolute atomic E-state index is 13.4. The Morgan fingerprint density at radius 1 is 0.897 bits per heavy atom. The lowest BCUT2D eigenvalue weighted by molar-refractivity contribution is 0.0858. The minimum Gasteiger partial charge on any atom is -0.376 e. The van der Waals surface area contributed by atoms with Crippen LogP contribution in [0.3, 0.4) is 0 Å². The molecule has 0 aromatic heterocycles. The average Bonchev–Trinajstić information content (AvgIpc) is 3.46. The van der Waals surface area contributed by atoms with Crippen molar-refractivity contribution < 1.29 is 14.3 Å². The second kappa shape index (κ2) is 12.9. The summed E-state index contributed by atoms with van der Waals surface area (Å²) < 4.78 is 5.69. The molecule has 2 aliphatic heterocycles. The molecule has 3 aromatic rings. The quantitative estimate of drug-likeness (QED) is 0.322. The van der Waals surface area contributed by atoms with Gasteiger partial charge in [-0.3, -0.25) is 9.59 Å². The maximum Gasteiger partial charge on any atom is 0.257 e. The largest absolute Gasteiger partial charge is 0.376 e. The van der Waals surface area contributed by atoms with Crippen LogP contribution >= 0.6 is 23.2 Å². The van der Waals surface area contributed by atoms with E-state index in [1.807, 2.05) is 18.2 Å². The van der Waals surface area contributed by atoms with Gasteiger partial charge in [0, 0.05) is 42.6 Å². The van der Waals surface area contributed by atoms with E-state index in [1.165, 1.54) is 11.6 Å². The van der Waals surface area contributed by atoms with Crippen LogP contribution in [0.25, 0.3) is 0 Å². The van der Waals surface area contributed by atoms with Crippen LogP contribution in [0.15, 0.2) is 66.7 Å². The first-order valence-corrected chi connectivity index (χ1v) is 14.3. The smallest absolute Gasteiger partial charge is 0.257 e. The molecular formula is C31H33Cl2N3O3. The van der Waals surface area contributed by atoms with Crippen molar-refractivity contribution >= 4 is 46.4 Å². The number of carbonyl (C=O) groups excluding carboxylic acids is 2. The zero-order valence-corrected chi connectivity index (χ0v) is 23.3. The summed E-state index contributed by atoms with van der Waals surface area (Å²) in [7, 11) is 0. The first-order chi connectivity index (χ1) is 19.0. The summed E-state index contributed by atoms with van der Waals surface area (Å²) in [6.07, 6.45) is 5.18. The van der Waals surface area contributed by atoms with E-state index in [9.17, 15) is 9.59 Å². The van der Waals surface area contributed by atoms with Gasteiger partial charge in [-0.15, -0.1) is 0 Å². The van der Waals surface area contributed by atoms with Crippen molar-refractivity contribution in [3.05, 3.63) is 93.5 Å². The standard InChI is InChI=1S/C31H33Cl2N3O3/c32-23-8-10-26(28(33)18-23)31(38)35-24-9-11-29(27(19-24)30(37)34-20-25-7-4-16-39-25)36-14-12-22(13-15-36)17-21-5-2-1-3-6-21/h1-3,5-6,8-11,18-19,22,25H,4,7,12-17,20H2,(H,34,37)(H,35,38)/t25-/m1/s1. The Morgan fingerprint density at radius 2 is 1.69 bits per heavy atom. The van der Waals surface area contributed by atoms with Gasteiger partial charge in [0.25, 0.3) is 11.8 Å². The molecule has 39 heavy (non-hydrogen) atoms. The Kier molecular flexibility index (Phi) is 9.07. The molecule has 2 aliphatic rings. The van der Waals surface area contributed by atoms with E-state index in [0.717, 1.165) is 57.5 Å². The number of hydrogen-bond donors (Lipinski definition) is 2. The van der Waals surface area contributed by atoms with Crippen molar-refractivity contribution in [2.45, 2.75) is 38.2 Å². The normalized spacial score (nSPS) is 17.7. The van der Waals surface area contributed by atoms with Crippen molar-refractivity contribution in [1.29, 1.82) is 0 Å². The van der Waals surface area contributed by atoms with E-state index in [0.29, 0.717) is 34.3 Å². The molecule has 0 aliphatic carbocycles. The number of anilines is 2. The Hall–Kier alpha value is -3.06. The van der Waals surface area contributed by atoms with Crippen molar-refractivity contribution in [3.63, 3.8) is 0 Å². The van der Waals surface area contributed by atoms with Crippen LogP contribution in [-0.2, 0) is 11.2 Å². The van der Waals surface area contributed by atoms with Crippen molar-refractivity contribution in [2.24, 2.45) is 5.92 Å². The topological polar surface area (TPSA) is 70.7 Å². The van der Waals surface area contributed by atoms with Gasteiger partial charge in [0.15, 0.2) is 0 Å². The van der Waals surface area contributed by atoms with Crippen LogP contribution in [0.1, 0.15) is 52.0 Å². The Balaban J connectivity index is 1.32. The number of rotatable bonds is 8. The lowest BCUT2D eigenvalue weighted by Gasteiger charge is -2.35. The van der Waals surface area contributed by atoms with Crippen LogP contribution in [0.4, 0.5) is 11.4 Å². The lowest BCUT2D eigenvalue weighted by atomic mass is 9.89. The zero-order chi connectivity index (χ0) is 27.2. The highest BCUT2D eigenvalue weighted by atomic mass is 35.5. The third kappa shape index (κ3) is 7.13. The number of ether oxygens (including phenoxy) is 1. The van der Waals surface area contributed by atoms with E-state index in [4.69, 9.17) is 27.9 Å². The van der Waals surface area contributed by atoms with Crippen LogP contribution in [0, 0.1) is 5.92 Å². The third-order valence-corrected chi connectivity index (χ3v) is 8.06. The zero-order valence-electron chi connectivity index (χ0n) is 21.8. The molecule has 2 heterocycles. The van der Waals surface area contributed by atoms with Gasteiger partial charge in [-0.05, 0) is 80.0 Å². The van der Waals surface area contributed by atoms with Crippen LogP contribution in [-0.4, -0.2) is 44.2 Å². The molecule has 2 saturated heterocycles. The molecule has 5 rings (SSSR count). The molecule has 0 radical (unpaired) electrons. The number of carbonyl (C=O) groups is 2. The van der Waals surface area contributed by atoms with Gasteiger partial charge in [-0.25, -0.2) is 0 Å². The fourth-order valence-corrected chi connectivity index (χ4v) is 5.87. The predicted octanol–water partition coefficient (Wildman–Crippen LogP) is 6.61. The number of nitrogens with zero attached hydrogens (tertiary/aromatic N) is 1. The molecule has 6 nitrogen and oxygen atoms in total. The summed E-state index contributed by atoms with van der Waals surface area (Å²) in [5, 5.41) is 6.66. The molecular weight excluding hydrogens is 533 g/mol. The summed E-state index contributed by atoms with van der Waals surface area (Å²) in [5.41, 5.74) is 3.62. The number of piperidine rings is 1. The third-order valence-electron chi connectivity index (χ3n) is 7.51. The molecule has 2 fully saturated rings. The second-order valence-electron chi connectivity index (χ2n) is 10.3. The summed E-state index contributed by atoms with van der Waals surface area (Å²) >= 11 is 12.2. The van der Waals surface area contributed by atoms with Gasteiger partial charge in [0.1, 0.15) is 0 Å². The van der Waals surface area contributed by atoms with Crippen molar-refractivity contribution in [2.75, 3.05) is 36.5 Å². The first-order valence-electron chi connectivity index (χ1n) is 13.6. The number of hydrogen-bond acceptors (Lipinski definition) is 4. The van der Waals surface area contributed by atoms with Gasteiger partial charge < -0.3 is 20.3 Å². The van der Waals surface area contributed by atoms with Crippen molar-refractivity contribution in [3.8, 4) is 0 Å². The maximum atomic E-state index is 13.4. The number of benzene rings is 3. The molecule has 0 unspecified atom stereocenters. The Labute approximate surface area is 239 Å². The van der Waals surface area contributed by atoms with Crippen LogP contribution in [0.2, 0.25) is 10.0 Å². The molecule has 2 amide bonds. The monoisotopic (exact) mass is 565 g/mol. The minimum atomic E-state index is -0.364. The lowest BCUT2D eigenvalue weighted by Crippen LogP contribution is -2.37. The highest BCUT2D eigenvalue weighted by Crippen LogP contribution is 2.31. The summed E-state index contributed by atoms with van der Waals surface area (Å²) in [5.74, 6) is 0.0764. The van der Waals surface area contributed by atoms with Gasteiger partial charge >= 0.3 is 0 Å². The number of halogens is 2. The van der Waals surface area contributed by atoms with Crippen LogP contribution < -0.4 is 15.5 Å². The molecule has 1 atom stereocenters. The number of amides is 2. The molecule has 8 heteroatoms. The van der Waals surface area contributed by atoms with E-state index < -0.39 is 0 Å². The van der Waals surface area contributed by atoms with Crippen molar-refractivity contribution in [1.82, 2.24) is 5.32 Å². The van der Waals surface area contributed by atoms with Gasteiger partial charge in [0.05, 0.1) is 22.3 Å². The molecule has 0 saturated carbocycles. The molecule has 204 valence electrons. The number of nitrogens with one attached hydrogen (secondary N) is 2. The molecule has 2 N–H and O–H groups in total. The fourth-order valence-electron chi connectivity index (χ4n) is 5.38. The van der Waals surface area contributed by atoms with Crippen LogP contribution in [0.5, 0.6) is 0 Å². The van der Waals surface area contributed by atoms with Gasteiger partial charge in [-0.2, -0.15) is 0 Å². The van der Waals surface area contributed by atoms with E-state index in [1.54, 1.807) is 18.2 Å². The summed E-state index contributed by atoms with van der Waals surface area (Å²) in [6.45, 7) is 2.94. The predicted molar refractivity (Wildman–Crippen MR) is 157 cm³/mol. The van der Waals surface area contributed by atoms with E-state index in [2.05, 4.69) is 39.8 Å². The Morgan fingerprint density at radius 3 is 2.41 bits per heavy atom. The SMILES string of the molecule is O=C(Nc1ccc(N2CCC(Cc3ccccc3)CC2)c(C(=O)NC[C@H]2CCCO2)c1)c1ccc(Cl)cc1Cl. The average molecular weight is 567 g/mol. The van der Waals surface area contributed by atoms with Gasteiger partial charge in [0.2, 0.25) is 0 Å².